The third kappa shape index (κ3) is 5.28. The fraction of sp³-hybridized carbons (Fsp3) is 0.700. The molecule has 0 atom stereocenters. The van der Waals surface area contributed by atoms with Crippen molar-refractivity contribution in [2.24, 2.45) is 0 Å². The second-order valence-corrected chi connectivity index (χ2v) is 2.97. The standard InChI is InChI=1S/C10H20N2O/c1-4-7-11-10(13)12(8-5-2)9-6-3/h5H,2,4,6-9H2,1,3H3,(H,11,13). The van der Waals surface area contributed by atoms with Gasteiger partial charge < -0.3 is 10.2 Å². The number of amides is 2. The summed E-state index contributed by atoms with van der Waals surface area (Å²) in [5, 5.41) is 2.84. The third-order valence-electron chi connectivity index (χ3n) is 1.66. The first-order valence-electron chi connectivity index (χ1n) is 4.89. The van der Waals surface area contributed by atoms with E-state index in [1.165, 1.54) is 0 Å². The minimum atomic E-state index is 0.0172. The lowest BCUT2D eigenvalue weighted by atomic mass is 10.4. The Hall–Kier alpha value is -0.990. The van der Waals surface area contributed by atoms with Gasteiger partial charge in [-0.15, -0.1) is 6.58 Å². The molecule has 3 nitrogen and oxygen atoms in total. The maximum Gasteiger partial charge on any atom is 0.317 e. The first-order valence-corrected chi connectivity index (χ1v) is 4.89. The average Bonchev–Trinajstić information content (AvgIpc) is 2.14. The molecule has 0 aliphatic rings. The smallest absolute Gasteiger partial charge is 0.317 e. The molecule has 0 aliphatic heterocycles. The zero-order chi connectivity index (χ0) is 10.1. The largest absolute Gasteiger partial charge is 0.338 e. The highest BCUT2D eigenvalue weighted by atomic mass is 16.2. The number of nitrogens with one attached hydrogen (secondary N) is 1. The van der Waals surface area contributed by atoms with Crippen LogP contribution in [0, 0.1) is 0 Å². The van der Waals surface area contributed by atoms with Crippen molar-refractivity contribution in [3.05, 3.63) is 12.7 Å². The minimum Gasteiger partial charge on any atom is -0.338 e. The number of carbonyl (C=O) groups is 1. The lowest BCUT2D eigenvalue weighted by molar-refractivity contribution is 0.203. The normalized spacial score (nSPS) is 9.38. The van der Waals surface area contributed by atoms with E-state index in [4.69, 9.17) is 0 Å². The first kappa shape index (κ1) is 12.0. The molecular weight excluding hydrogens is 164 g/mol. The average molecular weight is 184 g/mol. The molecule has 1 N–H and O–H groups in total. The van der Waals surface area contributed by atoms with Crippen molar-refractivity contribution in [2.45, 2.75) is 26.7 Å². The predicted octanol–water partition coefficient (Wildman–Crippen LogP) is 2.00. The Balaban J connectivity index is 3.87. The highest BCUT2D eigenvalue weighted by Gasteiger charge is 2.08. The molecule has 0 heterocycles. The Labute approximate surface area is 80.8 Å². The van der Waals surface area contributed by atoms with Crippen molar-refractivity contribution in [1.29, 1.82) is 0 Å². The topological polar surface area (TPSA) is 32.3 Å². The summed E-state index contributed by atoms with van der Waals surface area (Å²) >= 11 is 0. The summed E-state index contributed by atoms with van der Waals surface area (Å²) < 4.78 is 0. The zero-order valence-electron chi connectivity index (χ0n) is 8.68. The molecule has 13 heavy (non-hydrogen) atoms. The van der Waals surface area contributed by atoms with Crippen molar-refractivity contribution in [3.63, 3.8) is 0 Å². The van der Waals surface area contributed by atoms with E-state index in [9.17, 15) is 4.79 Å². The SMILES string of the molecule is C=CCN(CCC)C(=O)NCCC. The van der Waals surface area contributed by atoms with Gasteiger partial charge in [-0.25, -0.2) is 4.79 Å². The van der Waals surface area contributed by atoms with Crippen LogP contribution in [0.15, 0.2) is 12.7 Å². The summed E-state index contributed by atoms with van der Waals surface area (Å²) in [6, 6.07) is 0.0172. The van der Waals surface area contributed by atoms with Gasteiger partial charge in [-0.2, -0.15) is 0 Å². The number of carbonyl (C=O) groups excluding carboxylic acids is 1. The van der Waals surface area contributed by atoms with E-state index >= 15 is 0 Å². The van der Waals surface area contributed by atoms with Gasteiger partial charge in [0, 0.05) is 19.6 Å². The molecule has 0 fully saturated rings. The van der Waals surface area contributed by atoms with Gasteiger partial charge in [0.2, 0.25) is 0 Å². The van der Waals surface area contributed by atoms with Gasteiger partial charge in [0.1, 0.15) is 0 Å². The van der Waals surface area contributed by atoms with Crippen LogP contribution in [0.1, 0.15) is 26.7 Å². The lowest BCUT2D eigenvalue weighted by Crippen LogP contribution is -2.40. The number of nitrogens with zero attached hydrogens (tertiary/aromatic N) is 1. The van der Waals surface area contributed by atoms with E-state index in [1.54, 1.807) is 11.0 Å². The molecule has 0 aliphatic carbocycles. The number of hydrogen-bond donors (Lipinski definition) is 1. The number of urea groups is 1. The van der Waals surface area contributed by atoms with E-state index in [1.807, 2.05) is 6.92 Å². The van der Waals surface area contributed by atoms with Crippen LogP contribution in [0.2, 0.25) is 0 Å². The molecule has 0 bridgehead atoms. The molecule has 0 rings (SSSR count). The molecule has 0 aromatic carbocycles. The summed E-state index contributed by atoms with van der Waals surface area (Å²) in [6.45, 7) is 9.89. The van der Waals surface area contributed by atoms with Crippen LogP contribution in [0.5, 0.6) is 0 Å². The van der Waals surface area contributed by atoms with Gasteiger partial charge >= 0.3 is 6.03 Å². The fourth-order valence-corrected chi connectivity index (χ4v) is 1.05. The molecular formula is C10H20N2O. The zero-order valence-corrected chi connectivity index (χ0v) is 8.68. The molecule has 3 heteroatoms. The first-order chi connectivity index (χ1) is 6.26. The van der Waals surface area contributed by atoms with Crippen LogP contribution < -0.4 is 5.32 Å². The molecule has 0 saturated carbocycles. The summed E-state index contributed by atoms with van der Waals surface area (Å²) in [5.41, 5.74) is 0. The van der Waals surface area contributed by atoms with Gasteiger partial charge in [-0.3, -0.25) is 0 Å². The van der Waals surface area contributed by atoms with Crippen molar-refractivity contribution in [3.8, 4) is 0 Å². The maximum atomic E-state index is 11.4. The van der Waals surface area contributed by atoms with Crippen LogP contribution >= 0.6 is 0 Å². The third-order valence-corrected chi connectivity index (χ3v) is 1.66. The van der Waals surface area contributed by atoms with E-state index in [0.29, 0.717) is 6.54 Å². The van der Waals surface area contributed by atoms with Crippen LogP contribution in [0.25, 0.3) is 0 Å². The van der Waals surface area contributed by atoms with E-state index in [0.717, 1.165) is 25.9 Å². The molecule has 76 valence electrons. The lowest BCUT2D eigenvalue weighted by Gasteiger charge is -2.20. The highest BCUT2D eigenvalue weighted by Crippen LogP contribution is 1.92. The quantitative estimate of drug-likeness (QED) is 0.629. The predicted molar refractivity (Wildman–Crippen MR) is 55.8 cm³/mol. The summed E-state index contributed by atoms with van der Waals surface area (Å²) in [4.78, 5) is 13.2. The molecule has 0 aromatic heterocycles. The van der Waals surface area contributed by atoms with Crippen LogP contribution in [-0.2, 0) is 0 Å². The number of hydrogen-bond acceptors (Lipinski definition) is 1. The van der Waals surface area contributed by atoms with E-state index < -0.39 is 0 Å². The Kier molecular flexibility index (Phi) is 7.07. The number of rotatable bonds is 6. The van der Waals surface area contributed by atoms with Gasteiger partial charge in [0.05, 0.1) is 0 Å². The maximum absolute atomic E-state index is 11.4. The Morgan fingerprint density at radius 1 is 1.46 bits per heavy atom. The summed E-state index contributed by atoms with van der Waals surface area (Å²) in [5.74, 6) is 0. The highest BCUT2D eigenvalue weighted by molar-refractivity contribution is 5.74. The molecule has 0 radical (unpaired) electrons. The Morgan fingerprint density at radius 2 is 2.15 bits per heavy atom. The van der Waals surface area contributed by atoms with Gasteiger partial charge in [-0.1, -0.05) is 19.9 Å². The van der Waals surface area contributed by atoms with Crippen LogP contribution in [0.4, 0.5) is 4.79 Å². The summed E-state index contributed by atoms with van der Waals surface area (Å²) in [7, 11) is 0. The second kappa shape index (κ2) is 7.65. The van der Waals surface area contributed by atoms with Crippen molar-refractivity contribution < 1.29 is 4.79 Å². The minimum absolute atomic E-state index is 0.0172. The molecule has 0 saturated heterocycles. The van der Waals surface area contributed by atoms with Gasteiger partial charge in [0.25, 0.3) is 0 Å². The Bertz CT molecular complexity index is 157. The van der Waals surface area contributed by atoms with Crippen molar-refractivity contribution in [2.75, 3.05) is 19.6 Å². The molecule has 2 amide bonds. The van der Waals surface area contributed by atoms with Crippen LogP contribution in [0.3, 0.4) is 0 Å². The Morgan fingerprint density at radius 3 is 2.62 bits per heavy atom. The van der Waals surface area contributed by atoms with Gasteiger partial charge in [-0.05, 0) is 12.8 Å². The van der Waals surface area contributed by atoms with E-state index in [2.05, 4.69) is 18.8 Å². The summed E-state index contributed by atoms with van der Waals surface area (Å²) in [6.07, 6.45) is 3.70. The molecule has 0 aromatic rings. The van der Waals surface area contributed by atoms with Crippen molar-refractivity contribution >= 4 is 6.03 Å². The van der Waals surface area contributed by atoms with Crippen molar-refractivity contribution in [1.82, 2.24) is 10.2 Å². The molecule has 0 unspecified atom stereocenters. The fourth-order valence-electron chi connectivity index (χ4n) is 1.05. The second-order valence-electron chi connectivity index (χ2n) is 2.97. The van der Waals surface area contributed by atoms with E-state index in [-0.39, 0.29) is 6.03 Å². The monoisotopic (exact) mass is 184 g/mol. The molecule has 0 spiro atoms. The van der Waals surface area contributed by atoms with Crippen LogP contribution in [-0.4, -0.2) is 30.6 Å². The van der Waals surface area contributed by atoms with Gasteiger partial charge in [0.15, 0.2) is 0 Å².